The highest BCUT2D eigenvalue weighted by molar-refractivity contribution is 5.81. The number of ether oxygens (including phenoxy) is 1. The standard InChI is InChI=1S/C11H21NO3/c1-8(2)9(5-6-13)12-11(14)10-4-3-7-15-10/h8-10,13H,3-7H2,1-2H3,(H,12,14)/t9?,10-/m0/s1. The van der Waals surface area contributed by atoms with Crippen LogP contribution in [-0.4, -0.2) is 36.4 Å². The monoisotopic (exact) mass is 215 g/mol. The summed E-state index contributed by atoms with van der Waals surface area (Å²) in [6.07, 6.45) is 2.11. The molecule has 15 heavy (non-hydrogen) atoms. The van der Waals surface area contributed by atoms with E-state index in [1.807, 2.05) is 13.8 Å². The Labute approximate surface area is 91.0 Å². The molecule has 0 spiro atoms. The molecule has 4 heteroatoms. The molecular weight excluding hydrogens is 194 g/mol. The predicted octanol–water partition coefficient (Wildman–Crippen LogP) is 0.689. The van der Waals surface area contributed by atoms with E-state index >= 15 is 0 Å². The van der Waals surface area contributed by atoms with E-state index < -0.39 is 0 Å². The third-order valence-corrected chi connectivity index (χ3v) is 2.79. The molecule has 2 atom stereocenters. The molecule has 0 aromatic rings. The van der Waals surface area contributed by atoms with Gasteiger partial charge in [-0.15, -0.1) is 0 Å². The van der Waals surface area contributed by atoms with E-state index in [1.165, 1.54) is 0 Å². The quantitative estimate of drug-likeness (QED) is 0.709. The van der Waals surface area contributed by atoms with Crippen molar-refractivity contribution >= 4 is 5.91 Å². The molecule has 0 aromatic heterocycles. The van der Waals surface area contributed by atoms with Crippen molar-refractivity contribution in [3.63, 3.8) is 0 Å². The van der Waals surface area contributed by atoms with Crippen LogP contribution in [0.2, 0.25) is 0 Å². The Bertz CT molecular complexity index is 200. The SMILES string of the molecule is CC(C)C(CCO)NC(=O)[C@@H]1CCCO1. The van der Waals surface area contributed by atoms with Crippen molar-refractivity contribution in [3.05, 3.63) is 0 Å². The van der Waals surface area contributed by atoms with Crippen molar-refractivity contribution in [2.24, 2.45) is 5.92 Å². The van der Waals surface area contributed by atoms with E-state index in [-0.39, 0.29) is 24.7 Å². The van der Waals surface area contributed by atoms with E-state index in [4.69, 9.17) is 9.84 Å². The molecule has 1 fully saturated rings. The van der Waals surface area contributed by atoms with Gasteiger partial charge < -0.3 is 15.2 Å². The molecule has 88 valence electrons. The van der Waals surface area contributed by atoms with Crippen LogP contribution in [0.25, 0.3) is 0 Å². The molecule has 1 aliphatic rings. The fourth-order valence-electron chi connectivity index (χ4n) is 1.77. The normalized spacial score (nSPS) is 23.1. The summed E-state index contributed by atoms with van der Waals surface area (Å²) in [5, 5.41) is 11.8. The lowest BCUT2D eigenvalue weighted by Gasteiger charge is -2.23. The summed E-state index contributed by atoms with van der Waals surface area (Å²) in [7, 11) is 0. The first kappa shape index (κ1) is 12.5. The zero-order chi connectivity index (χ0) is 11.3. The van der Waals surface area contributed by atoms with Crippen LogP contribution >= 0.6 is 0 Å². The third-order valence-electron chi connectivity index (χ3n) is 2.79. The molecule has 2 N–H and O–H groups in total. The predicted molar refractivity (Wildman–Crippen MR) is 57.4 cm³/mol. The topological polar surface area (TPSA) is 58.6 Å². The molecular formula is C11H21NO3. The second kappa shape index (κ2) is 6.08. The number of aliphatic hydroxyl groups excluding tert-OH is 1. The highest BCUT2D eigenvalue weighted by atomic mass is 16.5. The minimum absolute atomic E-state index is 0.0281. The van der Waals surface area contributed by atoms with Gasteiger partial charge in [-0.3, -0.25) is 4.79 Å². The summed E-state index contributed by atoms with van der Waals surface area (Å²) in [5.41, 5.74) is 0. The Morgan fingerprint density at radius 1 is 1.60 bits per heavy atom. The summed E-state index contributed by atoms with van der Waals surface area (Å²) in [6.45, 7) is 4.87. The molecule has 1 heterocycles. The molecule has 0 aromatic carbocycles. The number of amides is 1. The number of hydrogen-bond acceptors (Lipinski definition) is 3. The van der Waals surface area contributed by atoms with Gasteiger partial charge >= 0.3 is 0 Å². The number of nitrogens with one attached hydrogen (secondary N) is 1. The highest BCUT2D eigenvalue weighted by Crippen LogP contribution is 2.13. The van der Waals surface area contributed by atoms with Crippen LogP contribution in [0.1, 0.15) is 33.1 Å². The average molecular weight is 215 g/mol. The molecule has 0 saturated carbocycles. The average Bonchev–Trinajstić information content (AvgIpc) is 2.69. The number of carbonyl (C=O) groups is 1. The van der Waals surface area contributed by atoms with Crippen LogP contribution in [0, 0.1) is 5.92 Å². The van der Waals surface area contributed by atoms with E-state index in [0.29, 0.717) is 18.9 Å². The minimum atomic E-state index is -0.273. The summed E-state index contributed by atoms with van der Waals surface area (Å²) in [5.74, 6) is 0.308. The smallest absolute Gasteiger partial charge is 0.249 e. The van der Waals surface area contributed by atoms with Crippen LogP contribution < -0.4 is 5.32 Å². The summed E-state index contributed by atoms with van der Waals surface area (Å²) < 4.78 is 5.30. The van der Waals surface area contributed by atoms with Gasteiger partial charge in [0.2, 0.25) is 5.91 Å². The lowest BCUT2D eigenvalue weighted by Crippen LogP contribution is -2.44. The Morgan fingerprint density at radius 2 is 2.33 bits per heavy atom. The number of rotatable bonds is 5. The van der Waals surface area contributed by atoms with E-state index in [1.54, 1.807) is 0 Å². The third kappa shape index (κ3) is 3.80. The summed E-state index contributed by atoms with van der Waals surface area (Å²) >= 11 is 0. The van der Waals surface area contributed by atoms with Crippen LogP contribution in [0.3, 0.4) is 0 Å². The maximum absolute atomic E-state index is 11.7. The Kier molecular flexibility index (Phi) is 5.05. The fraction of sp³-hybridized carbons (Fsp3) is 0.909. The highest BCUT2D eigenvalue weighted by Gasteiger charge is 2.26. The van der Waals surface area contributed by atoms with Gasteiger partial charge in [0.15, 0.2) is 0 Å². The van der Waals surface area contributed by atoms with Crippen molar-refractivity contribution in [2.75, 3.05) is 13.2 Å². The van der Waals surface area contributed by atoms with Gasteiger partial charge in [-0.05, 0) is 25.2 Å². The molecule has 1 aliphatic heterocycles. The largest absolute Gasteiger partial charge is 0.396 e. The Hall–Kier alpha value is -0.610. The van der Waals surface area contributed by atoms with Crippen LogP contribution in [0.5, 0.6) is 0 Å². The molecule has 4 nitrogen and oxygen atoms in total. The Morgan fingerprint density at radius 3 is 2.80 bits per heavy atom. The first-order valence-corrected chi connectivity index (χ1v) is 5.68. The van der Waals surface area contributed by atoms with Crippen LogP contribution in [0.15, 0.2) is 0 Å². The first-order valence-electron chi connectivity index (χ1n) is 5.68. The lowest BCUT2D eigenvalue weighted by molar-refractivity contribution is -0.131. The van der Waals surface area contributed by atoms with Gasteiger partial charge in [0.1, 0.15) is 6.10 Å². The van der Waals surface area contributed by atoms with E-state index in [2.05, 4.69) is 5.32 Å². The van der Waals surface area contributed by atoms with Crippen LogP contribution in [0.4, 0.5) is 0 Å². The van der Waals surface area contributed by atoms with Crippen molar-refractivity contribution in [3.8, 4) is 0 Å². The number of carbonyl (C=O) groups excluding carboxylic acids is 1. The van der Waals surface area contributed by atoms with Gasteiger partial charge in [0, 0.05) is 19.3 Å². The number of aliphatic hydroxyl groups is 1. The van der Waals surface area contributed by atoms with E-state index in [9.17, 15) is 4.79 Å². The molecule has 0 bridgehead atoms. The molecule has 1 unspecified atom stereocenters. The van der Waals surface area contributed by atoms with Crippen molar-refractivity contribution in [2.45, 2.75) is 45.3 Å². The van der Waals surface area contributed by atoms with Gasteiger partial charge in [0.05, 0.1) is 0 Å². The fourth-order valence-corrected chi connectivity index (χ4v) is 1.77. The van der Waals surface area contributed by atoms with Crippen molar-refractivity contribution in [1.29, 1.82) is 0 Å². The maximum atomic E-state index is 11.7. The lowest BCUT2D eigenvalue weighted by atomic mass is 10.0. The summed E-state index contributed by atoms with van der Waals surface area (Å²) in [4.78, 5) is 11.7. The van der Waals surface area contributed by atoms with Gasteiger partial charge in [-0.1, -0.05) is 13.8 Å². The molecule has 1 amide bonds. The van der Waals surface area contributed by atoms with Crippen molar-refractivity contribution < 1.29 is 14.6 Å². The van der Waals surface area contributed by atoms with Crippen molar-refractivity contribution in [1.82, 2.24) is 5.32 Å². The van der Waals surface area contributed by atoms with Gasteiger partial charge in [0.25, 0.3) is 0 Å². The minimum Gasteiger partial charge on any atom is -0.396 e. The first-order chi connectivity index (χ1) is 7.15. The second-order valence-electron chi connectivity index (χ2n) is 4.37. The van der Waals surface area contributed by atoms with Gasteiger partial charge in [-0.2, -0.15) is 0 Å². The zero-order valence-electron chi connectivity index (χ0n) is 9.53. The maximum Gasteiger partial charge on any atom is 0.249 e. The number of hydrogen-bond donors (Lipinski definition) is 2. The van der Waals surface area contributed by atoms with Gasteiger partial charge in [-0.25, -0.2) is 0 Å². The molecule has 0 radical (unpaired) electrons. The Balaban J connectivity index is 2.38. The van der Waals surface area contributed by atoms with E-state index in [0.717, 1.165) is 12.8 Å². The van der Waals surface area contributed by atoms with Crippen LogP contribution in [-0.2, 0) is 9.53 Å². The molecule has 1 saturated heterocycles. The summed E-state index contributed by atoms with van der Waals surface area (Å²) in [6, 6.07) is 0.0479. The molecule has 1 rings (SSSR count). The second-order valence-corrected chi connectivity index (χ2v) is 4.37. The molecule has 0 aliphatic carbocycles. The zero-order valence-corrected chi connectivity index (χ0v) is 9.53.